The van der Waals surface area contributed by atoms with Gasteiger partial charge in [-0.05, 0) is 43.0 Å². The smallest absolute Gasteiger partial charge is 0.319 e. The van der Waals surface area contributed by atoms with Crippen molar-refractivity contribution in [1.82, 2.24) is 15.2 Å². The highest BCUT2D eigenvalue weighted by atomic mass is 19.1. The molecule has 2 heterocycles. The molecule has 2 N–H and O–H groups in total. The molecule has 27 heavy (non-hydrogen) atoms. The summed E-state index contributed by atoms with van der Waals surface area (Å²) in [7, 11) is 0. The molecular formula is C19H20F2N4O2. The molecule has 3 rings (SSSR count). The second-order valence-electron chi connectivity index (χ2n) is 6.47. The van der Waals surface area contributed by atoms with E-state index in [-0.39, 0.29) is 17.4 Å². The highest BCUT2D eigenvalue weighted by Crippen LogP contribution is 2.18. The molecule has 0 spiro atoms. The first-order valence-electron chi connectivity index (χ1n) is 8.72. The average molecular weight is 374 g/mol. The number of carbonyl (C=O) groups excluding carboxylic acids is 2. The lowest BCUT2D eigenvalue weighted by molar-refractivity contribution is 0.0674. The second-order valence-corrected chi connectivity index (χ2v) is 6.47. The summed E-state index contributed by atoms with van der Waals surface area (Å²) < 4.78 is 26.4. The number of benzene rings is 1. The number of amides is 3. The molecule has 1 unspecified atom stereocenters. The third-order valence-corrected chi connectivity index (χ3v) is 4.41. The van der Waals surface area contributed by atoms with Crippen molar-refractivity contribution in [2.24, 2.45) is 5.92 Å². The van der Waals surface area contributed by atoms with E-state index in [0.717, 1.165) is 18.9 Å². The van der Waals surface area contributed by atoms with Gasteiger partial charge in [-0.25, -0.2) is 14.2 Å². The van der Waals surface area contributed by atoms with E-state index >= 15 is 0 Å². The number of urea groups is 1. The molecule has 0 bridgehead atoms. The number of hydrogen-bond acceptors (Lipinski definition) is 3. The van der Waals surface area contributed by atoms with Crippen LogP contribution in [-0.2, 0) is 0 Å². The van der Waals surface area contributed by atoms with E-state index in [1.165, 1.54) is 30.5 Å². The summed E-state index contributed by atoms with van der Waals surface area (Å²) in [6, 6.07) is 7.81. The quantitative estimate of drug-likeness (QED) is 0.808. The maximum absolute atomic E-state index is 13.2. The average Bonchev–Trinajstić information content (AvgIpc) is 2.66. The number of nitrogens with one attached hydrogen (secondary N) is 2. The molecule has 1 saturated heterocycles. The van der Waals surface area contributed by atoms with Gasteiger partial charge < -0.3 is 15.5 Å². The molecule has 1 aliphatic heterocycles. The zero-order valence-electron chi connectivity index (χ0n) is 14.6. The topological polar surface area (TPSA) is 74.3 Å². The third-order valence-electron chi connectivity index (χ3n) is 4.41. The molecule has 6 nitrogen and oxygen atoms in total. The molecule has 142 valence electrons. The van der Waals surface area contributed by atoms with Crippen LogP contribution in [0.4, 0.5) is 19.3 Å². The van der Waals surface area contributed by atoms with Crippen LogP contribution in [0.5, 0.6) is 0 Å². The van der Waals surface area contributed by atoms with Gasteiger partial charge in [0.25, 0.3) is 5.91 Å². The third kappa shape index (κ3) is 5.22. The number of piperidine rings is 1. The fourth-order valence-corrected chi connectivity index (χ4v) is 3.11. The Morgan fingerprint density at radius 1 is 1.22 bits per heavy atom. The van der Waals surface area contributed by atoms with Gasteiger partial charge in [0, 0.05) is 43.1 Å². The number of nitrogens with zero attached hydrogens (tertiary/aromatic N) is 2. The number of anilines is 1. The van der Waals surface area contributed by atoms with Gasteiger partial charge in [0.05, 0.1) is 0 Å². The number of rotatable bonds is 4. The van der Waals surface area contributed by atoms with E-state index in [0.29, 0.717) is 25.3 Å². The van der Waals surface area contributed by atoms with Crippen LogP contribution in [0.15, 0.2) is 42.6 Å². The highest BCUT2D eigenvalue weighted by molar-refractivity contribution is 5.94. The lowest BCUT2D eigenvalue weighted by Crippen LogP contribution is -2.44. The summed E-state index contributed by atoms with van der Waals surface area (Å²) in [6.45, 7) is 1.45. The van der Waals surface area contributed by atoms with Crippen molar-refractivity contribution in [3.05, 3.63) is 59.9 Å². The Morgan fingerprint density at radius 3 is 2.85 bits per heavy atom. The van der Waals surface area contributed by atoms with Gasteiger partial charge in [-0.2, -0.15) is 4.39 Å². The molecule has 1 aromatic carbocycles. The summed E-state index contributed by atoms with van der Waals surface area (Å²) in [5.74, 6) is -1.27. The largest absolute Gasteiger partial charge is 0.338 e. The Balaban J connectivity index is 1.51. The van der Waals surface area contributed by atoms with Gasteiger partial charge in [-0.15, -0.1) is 0 Å². The summed E-state index contributed by atoms with van der Waals surface area (Å²) in [5, 5.41) is 5.32. The molecule has 3 amide bonds. The highest BCUT2D eigenvalue weighted by Gasteiger charge is 2.25. The van der Waals surface area contributed by atoms with E-state index in [4.69, 9.17) is 0 Å². The minimum Gasteiger partial charge on any atom is -0.338 e. The summed E-state index contributed by atoms with van der Waals surface area (Å²) in [6.07, 6.45) is 2.94. The van der Waals surface area contributed by atoms with Gasteiger partial charge in [-0.3, -0.25) is 4.79 Å². The SMILES string of the molecule is O=C(NCC1CCCN(C(=O)c2ccnc(F)c2)C1)Nc1cccc(F)c1. The van der Waals surface area contributed by atoms with Crippen molar-refractivity contribution in [3.8, 4) is 0 Å². The first kappa shape index (κ1) is 18.8. The predicted octanol–water partition coefficient (Wildman–Crippen LogP) is 3.03. The molecule has 1 aromatic heterocycles. The lowest BCUT2D eigenvalue weighted by atomic mass is 9.97. The molecule has 8 heteroatoms. The Morgan fingerprint density at radius 2 is 2.07 bits per heavy atom. The van der Waals surface area contributed by atoms with Crippen LogP contribution in [-0.4, -0.2) is 41.5 Å². The normalized spacial score (nSPS) is 16.7. The lowest BCUT2D eigenvalue weighted by Gasteiger charge is -2.33. The van der Waals surface area contributed by atoms with Crippen molar-refractivity contribution < 1.29 is 18.4 Å². The van der Waals surface area contributed by atoms with Crippen molar-refractivity contribution in [2.45, 2.75) is 12.8 Å². The van der Waals surface area contributed by atoms with Crippen LogP contribution in [0.3, 0.4) is 0 Å². The second kappa shape index (κ2) is 8.57. The van der Waals surface area contributed by atoms with Gasteiger partial charge in [0.2, 0.25) is 5.95 Å². The van der Waals surface area contributed by atoms with E-state index in [1.807, 2.05) is 0 Å². The molecule has 1 atom stereocenters. The Labute approximate surface area is 155 Å². The van der Waals surface area contributed by atoms with Crippen molar-refractivity contribution in [1.29, 1.82) is 0 Å². The summed E-state index contributed by atoms with van der Waals surface area (Å²) >= 11 is 0. The van der Waals surface area contributed by atoms with Crippen LogP contribution in [0.1, 0.15) is 23.2 Å². The number of pyridine rings is 1. The number of aromatic nitrogens is 1. The van der Waals surface area contributed by atoms with Gasteiger partial charge in [0.15, 0.2) is 0 Å². The summed E-state index contributed by atoms with van der Waals surface area (Å²) in [5.41, 5.74) is 0.632. The van der Waals surface area contributed by atoms with Gasteiger partial charge >= 0.3 is 6.03 Å². The Bertz CT molecular complexity index is 831. The van der Waals surface area contributed by atoms with E-state index in [1.54, 1.807) is 11.0 Å². The van der Waals surface area contributed by atoms with Crippen molar-refractivity contribution in [3.63, 3.8) is 0 Å². The molecular weight excluding hydrogens is 354 g/mol. The molecule has 1 fully saturated rings. The minimum absolute atomic E-state index is 0.0904. The van der Waals surface area contributed by atoms with Crippen LogP contribution in [0.25, 0.3) is 0 Å². The Kier molecular flexibility index (Phi) is 5.95. The van der Waals surface area contributed by atoms with Gasteiger partial charge in [0.1, 0.15) is 5.82 Å². The monoisotopic (exact) mass is 374 g/mol. The zero-order chi connectivity index (χ0) is 19.2. The first-order chi connectivity index (χ1) is 13.0. The molecule has 2 aromatic rings. The Hall–Kier alpha value is -3.03. The minimum atomic E-state index is -0.690. The number of carbonyl (C=O) groups is 2. The fraction of sp³-hybridized carbons (Fsp3) is 0.316. The van der Waals surface area contributed by atoms with Gasteiger partial charge in [-0.1, -0.05) is 6.07 Å². The number of likely N-dealkylation sites (tertiary alicyclic amines) is 1. The summed E-state index contributed by atoms with van der Waals surface area (Å²) in [4.78, 5) is 29.6. The van der Waals surface area contributed by atoms with Crippen LogP contribution in [0.2, 0.25) is 0 Å². The van der Waals surface area contributed by atoms with E-state index < -0.39 is 17.8 Å². The standard InChI is InChI=1S/C19H20F2N4O2/c20-15-4-1-5-16(10-15)24-19(27)23-11-13-3-2-8-25(12-13)18(26)14-6-7-22-17(21)9-14/h1,4-7,9-10,13H,2-3,8,11-12H2,(H2,23,24,27). The molecule has 0 saturated carbocycles. The number of halogens is 2. The van der Waals surface area contributed by atoms with Crippen molar-refractivity contribution >= 4 is 17.6 Å². The predicted molar refractivity (Wildman–Crippen MR) is 96.2 cm³/mol. The van der Waals surface area contributed by atoms with Crippen molar-refractivity contribution in [2.75, 3.05) is 25.0 Å². The molecule has 1 aliphatic rings. The van der Waals surface area contributed by atoms with Crippen LogP contribution < -0.4 is 10.6 Å². The van der Waals surface area contributed by atoms with E-state index in [9.17, 15) is 18.4 Å². The molecule has 0 aliphatic carbocycles. The zero-order valence-corrected chi connectivity index (χ0v) is 14.6. The maximum Gasteiger partial charge on any atom is 0.319 e. The van der Waals surface area contributed by atoms with E-state index in [2.05, 4.69) is 15.6 Å². The number of hydrogen-bond donors (Lipinski definition) is 2. The first-order valence-corrected chi connectivity index (χ1v) is 8.72. The molecule has 0 radical (unpaired) electrons. The van der Waals surface area contributed by atoms with Crippen LogP contribution in [0, 0.1) is 17.7 Å². The fourth-order valence-electron chi connectivity index (χ4n) is 3.11. The maximum atomic E-state index is 13.2. The van der Waals surface area contributed by atoms with Crippen LogP contribution >= 0.6 is 0 Å².